The largest absolute Gasteiger partial charge is 0.508 e. The first-order valence-corrected chi connectivity index (χ1v) is 22.5. The van der Waals surface area contributed by atoms with Crippen LogP contribution in [0.1, 0.15) is 155 Å². The highest BCUT2D eigenvalue weighted by Gasteiger charge is 2.59. The second-order valence-electron chi connectivity index (χ2n) is 18.5. The van der Waals surface area contributed by atoms with Crippen LogP contribution < -0.4 is 14.2 Å². The Morgan fingerprint density at radius 1 is 0.772 bits per heavy atom. The zero-order valence-corrected chi connectivity index (χ0v) is 36.6. The summed E-state index contributed by atoms with van der Waals surface area (Å²) in [4.78, 5) is 24.2. The minimum absolute atomic E-state index is 0.00333. The van der Waals surface area contributed by atoms with Crippen molar-refractivity contribution in [3.05, 3.63) is 65.7 Å². The molecule has 0 radical (unpaired) electrons. The smallest absolute Gasteiger partial charge is 0.497 e. The van der Waals surface area contributed by atoms with E-state index in [4.69, 9.17) is 23.7 Å². The number of unbranched alkanes of at least 4 members (excludes halogenated alkanes) is 2. The second kappa shape index (κ2) is 21.0. The summed E-state index contributed by atoms with van der Waals surface area (Å²) in [5.41, 5.74) is 2.91. The SMILES string of the molecule is CCCCOC(=O)OC1CCC2(C)C(=CCC3C2CCC2(C)C(C(C)CCCC(C)C)CCC32)C1.CCCCOc1ccc(C(=O)Oc2ccc(OC)cc2)cc1. The number of carbonyl (C=O) groups is 2. The summed E-state index contributed by atoms with van der Waals surface area (Å²) >= 11 is 0. The molecule has 3 fully saturated rings. The highest BCUT2D eigenvalue weighted by Crippen LogP contribution is 2.67. The molecule has 3 saturated carbocycles. The van der Waals surface area contributed by atoms with Gasteiger partial charge in [0, 0.05) is 6.42 Å². The molecule has 0 bridgehead atoms. The second-order valence-corrected chi connectivity index (χ2v) is 18.5. The predicted octanol–water partition coefficient (Wildman–Crippen LogP) is 13.4. The number of ether oxygens (including phenoxy) is 5. The third kappa shape index (κ3) is 11.4. The molecule has 7 nitrogen and oxygen atoms in total. The minimum atomic E-state index is -0.464. The molecule has 0 amide bonds. The molecule has 0 heterocycles. The fourth-order valence-corrected chi connectivity index (χ4v) is 11.1. The van der Waals surface area contributed by atoms with Crippen LogP contribution in [0.3, 0.4) is 0 Å². The molecule has 2 aromatic carbocycles. The Morgan fingerprint density at radius 3 is 2.14 bits per heavy atom. The molecule has 0 aliphatic heterocycles. The maximum Gasteiger partial charge on any atom is 0.508 e. The van der Waals surface area contributed by atoms with Gasteiger partial charge in [-0.25, -0.2) is 9.59 Å². The van der Waals surface area contributed by atoms with E-state index < -0.39 is 12.1 Å². The lowest BCUT2D eigenvalue weighted by molar-refractivity contribution is -0.0617. The van der Waals surface area contributed by atoms with E-state index in [2.05, 4.69) is 54.5 Å². The van der Waals surface area contributed by atoms with Gasteiger partial charge in [-0.05, 0) is 153 Å². The molecule has 0 N–H and O–H groups in total. The first-order valence-electron chi connectivity index (χ1n) is 22.5. The standard InChI is InChI=1S/C32H54O3.C18H20O4/c1-7-8-20-34-30(33)35-25-16-18-31(5)24(21-25)12-13-26-28-15-14-27(23(4)11-9-10-22(2)3)32(28,6)19-17-29(26)31;1-3-4-13-21-16-7-5-14(6-8-16)18(19)22-17-11-9-15(20-2)10-12-17/h12,22-23,25-29H,7-11,13-21H2,1-6H3;5-12H,3-4,13H2,1-2H3. The van der Waals surface area contributed by atoms with Gasteiger partial charge in [-0.3, -0.25) is 0 Å². The Balaban J connectivity index is 0.000000242. The normalized spacial score (nSPS) is 28.0. The van der Waals surface area contributed by atoms with Crippen molar-refractivity contribution in [3.8, 4) is 17.2 Å². The van der Waals surface area contributed by atoms with Gasteiger partial charge in [-0.1, -0.05) is 92.2 Å². The highest BCUT2D eigenvalue weighted by molar-refractivity contribution is 5.91. The molecule has 0 spiro atoms. The highest BCUT2D eigenvalue weighted by atomic mass is 16.7. The van der Waals surface area contributed by atoms with Crippen molar-refractivity contribution < 1.29 is 33.3 Å². The lowest BCUT2D eigenvalue weighted by atomic mass is 9.47. The van der Waals surface area contributed by atoms with E-state index in [0.717, 1.165) is 86.2 Å². The average molecular weight is 787 g/mol. The van der Waals surface area contributed by atoms with Crippen molar-refractivity contribution in [1.82, 2.24) is 0 Å². The monoisotopic (exact) mass is 787 g/mol. The fraction of sp³-hybridized carbons (Fsp3) is 0.680. The van der Waals surface area contributed by atoms with Crippen molar-refractivity contribution in [2.24, 2.45) is 46.3 Å². The van der Waals surface area contributed by atoms with Crippen molar-refractivity contribution in [2.75, 3.05) is 20.3 Å². The summed E-state index contributed by atoms with van der Waals surface area (Å²) in [7, 11) is 1.59. The maximum atomic E-state index is 12.1. The Labute approximate surface area is 345 Å². The number of hydrogen-bond donors (Lipinski definition) is 0. The molecule has 8 atom stereocenters. The van der Waals surface area contributed by atoms with E-state index in [-0.39, 0.29) is 6.10 Å². The molecule has 0 saturated heterocycles. The molecule has 0 aromatic heterocycles. The summed E-state index contributed by atoms with van der Waals surface area (Å²) in [5, 5.41) is 0. The molecular weight excluding hydrogens is 713 g/mol. The molecule has 6 rings (SSSR count). The number of esters is 1. The van der Waals surface area contributed by atoms with E-state index in [1.807, 2.05) is 0 Å². The molecule has 4 aliphatic carbocycles. The van der Waals surface area contributed by atoms with Crippen LogP contribution in [-0.4, -0.2) is 38.6 Å². The molecule has 57 heavy (non-hydrogen) atoms. The van der Waals surface area contributed by atoms with E-state index in [1.54, 1.807) is 61.2 Å². The number of benzene rings is 2. The van der Waals surface area contributed by atoms with Crippen LogP contribution >= 0.6 is 0 Å². The number of hydrogen-bond acceptors (Lipinski definition) is 7. The van der Waals surface area contributed by atoms with Gasteiger partial charge in [-0.2, -0.15) is 0 Å². The van der Waals surface area contributed by atoms with Crippen LogP contribution in [0, 0.1) is 46.3 Å². The lowest BCUT2D eigenvalue weighted by Crippen LogP contribution is -2.51. The summed E-state index contributed by atoms with van der Waals surface area (Å²) in [6, 6.07) is 13.8. The minimum Gasteiger partial charge on any atom is -0.497 e. The van der Waals surface area contributed by atoms with Crippen molar-refractivity contribution >= 4 is 12.1 Å². The topological polar surface area (TPSA) is 80.3 Å². The predicted molar refractivity (Wildman–Crippen MR) is 229 cm³/mol. The molecule has 8 unspecified atom stereocenters. The van der Waals surface area contributed by atoms with Gasteiger partial charge in [0.2, 0.25) is 0 Å². The maximum absolute atomic E-state index is 12.1. The number of rotatable bonds is 16. The van der Waals surface area contributed by atoms with Crippen molar-refractivity contribution in [2.45, 2.75) is 151 Å². The number of fused-ring (bicyclic) bond motifs is 5. The Hall–Kier alpha value is -3.48. The first-order chi connectivity index (χ1) is 27.4. The Bertz CT molecular complexity index is 1580. The zero-order valence-electron chi connectivity index (χ0n) is 36.6. The van der Waals surface area contributed by atoms with E-state index in [0.29, 0.717) is 41.1 Å². The Morgan fingerprint density at radius 2 is 1.46 bits per heavy atom. The van der Waals surface area contributed by atoms with Crippen molar-refractivity contribution in [3.63, 3.8) is 0 Å². The molecule has 4 aliphatic rings. The third-order valence-electron chi connectivity index (χ3n) is 14.4. The number of methoxy groups -OCH3 is 1. The van der Waals surface area contributed by atoms with Gasteiger partial charge in [0.1, 0.15) is 23.4 Å². The average Bonchev–Trinajstić information content (AvgIpc) is 3.56. The van der Waals surface area contributed by atoms with Gasteiger partial charge in [-0.15, -0.1) is 0 Å². The van der Waals surface area contributed by atoms with Crippen LogP contribution in [0.25, 0.3) is 0 Å². The summed E-state index contributed by atoms with van der Waals surface area (Å²) in [5.74, 6) is 6.75. The number of carbonyl (C=O) groups excluding carboxylic acids is 2. The van der Waals surface area contributed by atoms with E-state index >= 15 is 0 Å². The van der Waals surface area contributed by atoms with Gasteiger partial charge >= 0.3 is 12.1 Å². The first kappa shape index (κ1) is 44.6. The van der Waals surface area contributed by atoms with Crippen LogP contribution in [0.15, 0.2) is 60.2 Å². The molecule has 316 valence electrons. The summed E-state index contributed by atoms with van der Waals surface area (Å²) in [6.07, 6.45) is 20.4. The molecule has 2 aromatic rings. The van der Waals surface area contributed by atoms with Crippen LogP contribution in [0.4, 0.5) is 4.79 Å². The van der Waals surface area contributed by atoms with Crippen molar-refractivity contribution in [1.29, 1.82) is 0 Å². The van der Waals surface area contributed by atoms with Gasteiger partial charge in [0.05, 0.1) is 25.9 Å². The third-order valence-corrected chi connectivity index (χ3v) is 14.4. The Kier molecular flexibility index (Phi) is 16.4. The van der Waals surface area contributed by atoms with Gasteiger partial charge in [0.25, 0.3) is 0 Å². The van der Waals surface area contributed by atoms with Crippen LogP contribution in [0.5, 0.6) is 17.2 Å². The zero-order chi connectivity index (χ0) is 41.0. The van der Waals surface area contributed by atoms with E-state index in [9.17, 15) is 9.59 Å². The molecular formula is C50H74O7. The lowest BCUT2D eigenvalue weighted by Gasteiger charge is -2.58. The fourth-order valence-electron chi connectivity index (χ4n) is 11.1. The quantitative estimate of drug-likeness (QED) is 0.0725. The summed E-state index contributed by atoms with van der Waals surface area (Å²) < 4.78 is 26.9. The molecule has 7 heteroatoms. The van der Waals surface area contributed by atoms with Crippen LogP contribution in [-0.2, 0) is 9.47 Å². The summed E-state index contributed by atoms with van der Waals surface area (Å²) in [6.45, 7) is 17.9. The van der Waals surface area contributed by atoms with E-state index in [1.165, 1.54) is 51.4 Å². The number of allylic oxidation sites excluding steroid dienone is 1. The van der Waals surface area contributed by atoms with Crippen LogP contribution in [0.2, 0.25) is 0 Å². The van der Waals surface area contributed by atoms with Gasteiger partial charge in [0.15, 0.2) is 0 Å². The van der Waals surface area contributed by atoms with Gasteiger partial charge < -0.3 is 23.7 Å².